The molecule has 0 unspecified atom stereocenters. The summed E-state index contributed by atoms with van der Waals surface area (Å²) in [5, 5.41) is 15.8. The van der Waals surface area contributed by atoms with Crippen molar-refractivity contribution in [3.63, 3.8) is 0 Å². The van der Waals surface area contributed by atoms with Crippen LogP contribution >= 0.6 is 0 Å². The Bertz CT molecular complexity index is 557. The zero-order chi connectivity index (χ0) is 13.8. The highest BCUT2D eigenvalue weighted by molar-refractivity contribution is 5.91. The number of hydrogen-bond acceptors (Lipinski definition) is 7. The Morgan fingerprint density at radius 2 is 2.25 bits per heavy atom. The maximum absolute atomic E-state index is 12.1. The first-order valence-corrected chi connectivity index (χ1v) is 6.39. The number of carbonyl (C=O) groups is 1. The molecule has 0 radical (unpaired) electrons. The van der Waals surface area contributed by atoms with Gasteiger partial charge < -0.3 is 4.90 Å². The predicted molar refractivity (Wildman–Crippen MR) is 69.8 cm³/mol. The van der Waals surface area contributed by atoms with E-state index in [9.17, 15) is 4.79 Å². The van der Waals surface area contributed by atoms with Crippen molar-refractivity contribution in [1.29, 1.82) is 0 Å². The molecule has 20 heavy (non-hydrogen) atoms. The van der Waals surface area contributed by atoms with E-state index in [1.165, 1.54) is 0 Å². The third-order valence-corrected chi connectivity index (χ3v) is 3.21. The minimum absolute atomic E-state index is 0.105. The molecule has 1 aliphatic rings. The quantitative estimate of drug-likeness (QED) is 0.799. The second-order valence-electron chi connectivity index (χ2n) is 4.56. The lowest BCUT2D eigenvalue weighted by Gasteiger charge is -2.31. The molecule has 1 fully saturated rings. The Hall–Kier alpha value is -2.58. The fourth-order valence-electron chi connectivity index (χ4n) is 2.25. The fourth-order valence-corrected chi connectivity index (χ4v) is 2.25. The summed E-state index contributed by atoms with van der Waals surface area (Å²) < 4.78 is 0. The van der Waals surface area contributed by atoms with Crippen molar-refractivity contribution in [1.82, 2.24) is 30.6 Å². The summed E-state index contributed by atoms with van der Waals surface area (Å²) in [5.74, 6) is 0.616. The molecule has 9 heteroatoms. The van der Waals surface area contributed by atoms with Gasteiger partial charge in [0.2, 0.25) is 11.9 Å². The van der Waals surface area contributed by atoms with Gasteiger partial charge in [-0.15, -0.1) is 5.10 Å². The van der Waals surface area contributed by atoms with Gasteiger partial charge in [-0.1, -0.05) is 5.10 Å². The van der Waals surface area contributed by atoms with E-state index < -0.39 is 0 Å². The minimum atomic E-state index is -0.133. The van der Waals surface area contributed by atoms with Gasteiger partial charge in [0.25, 0.3) is 5.95 Å². The van der Waals surface area contributed by atoms with Crippen LogP contribution in [-0.2, 0) is 4.79 Å². The predicted octanol–water partition coefficient (Wildman–Crippen LogP) is -0.155. The van der Waals surface area contributed by atoms with Gasteiger partial charge in [-0.2, -0.15) is 5.21 Å². The first-order valence-electron chi connectivity index (χ1n) is 6.39. The molecule has 1 saturated heterocycles. The topological polar surface area (TPSA) is 113 Å². The molecule has 0 aromatic carbocycles. The molecule has 2 aromatic heterocycles. The van der Waals surface area contributed by atoms with E-state index in [1.54, 1.807) is 18.5 Å². The third kappa shape index (κ3) is 2.71. The number of aromatic nitrogens is 6. The van der Waals surface area contributed by atoms with Gasteiger partial charge in [0, 0.05) is 25.5 Å². The number of tetrazole rings is 1. The highest BCUT2D eigenvalue weighted by atomic mass is 16.2. The van der Waals surface area contributed by atoms with E-state index in [2.05, 4.69) is 35.9 Å². The summed E-state index contributed by atoms with van der Waals surface area (Å²) in [4.78, 5) is 22.6. The zero-order valence-corrected chi connectivity index (χ0v) is 10.7. The lowest BCUT2D eigenvalue weighted by Crippen LogP contribution is -2.41. The second-order valence-corrected chi connectivity index (χ2v) is 4.56. The van der Waals surface area contributed by atoms with Crippen molar-refractivity contribution in [3.05, 3.63) is 18.5 Å². The van der Waals surface area contributed by atoms with Gasteiger partial charge in [0.15, 0.2) is 0 Å². The van der Waals surface area contributed by atoms with Gasteiger partial charge in [-0.05, 0) is 24.1 Å². The molecule has 2 aromatic rings. The van der Waals surface area contributed by atoms with Crippen LogP contribution in [0.1, 0.15) is 12.8 Å². The molecule has 1 amide bonds. The van der Waals surface area contributed by atoms with E-state index in [-0.39, 0.29) is 17.8 Å². The van der Waals surface area contributed by atoms with E-state index in [0.717, 1.165) is 19.4 Å². The van der Waals surface area contributed by atoms with E-state index in [0.29, 0.717) is 12.5 Å². The molecular weight excluding hydrogens is 260 g/mol. The minimum Gasteiger partial charge on any atom is -0.340 e. The number of rotatable bonds is 3. The first-order chi connectivity index (χ1) is 9.83. The molecular formula is C11H14N8O. The average Bonchev–Trinajstić information content (AvgIpc) is 3.01. The zero-order valence-electron chi connectivity index (χ0n) is 10.7. The monoisotopic (exact) mass is 274 g/mol. The van der Waals surface area contributed by atoms with Gasteiger partial charge in [-0.25, -0.2) is 9.97 Å². The van der Waals surface area contributed by atoms with Crippen LogP contribution in [-0.4, -0.2) is 49.6 Å². The van der Waals surface area contributed by atoms with E-state index in [1.807, 2.05) is 4.90 Å². The normalized spacial score (nSPS) is 18.8. The fraction of sp³-hybridized carbons (Fsp3) is 0.455. The number of nitrogens with one attached hydrogen (secondary N) is 2. The van der Waals surface area contributed by atoms with Gasteiger partial charge in [0.1, 0.15) is 0 Å². The molecule has 0 spiro atoms. The standard InChI is InChI=1S/C11H14N8O/c20-9(14-10-15-17-18-16-10)8-3-1-6-19(7-8)11-12-4-2-5-13-11/h2,4-5,8H,1,3,6-7H2,(H2,14,15,16,17,18,20)/t8-/m0/s1. The molecule has 0 aliphatic carbocycles. The summed E-state index contributed by atoms with van der Waals surface area (Å²) in [6, 6.07) is 1.77. The Labute approximate surface area is 114 Å². The van der Waals surface area contributed by atoms with Gasteiger partial charge in [-0.3, -0.25) is 10.1 Å². The molecule has 3 rings (SSSR count). The molecule has 1 aliphatic heterocycles. The maximum Gasteiger partial charge on any atom is 0.269 e. The number of nitrogens with zero attached hydrogens (tertiary/aromatic N) is 6. The van der Waals surface area contributed by atoms with Crippen molar-refractivity contribution in [2.75, 3.05) is 23.3 Å². The molecule has 1 atom stereocenters. The summed E-state index contributed by atoms with van der Waals surface area (Å²) >= 11 is 0. The SMILES string of the molecule is O=C(Nc1nn[nH]n1)[C@H]1CCCN(c2ncccn2)C1. The van der Waals surface area contributed by atoms with Crippen molar-refractivity contribution < 1.29 is 4.79 Å². The molecule has 0 saturated carbocycles. The number of carbonyl (C=O) groups excluding carboxylic acids is 1. The molecule has 104 valence electrons. The van der Waals surface area contributed by atoms with Crippen LogP contribution in [0.5, 0.6) is 0 Å². The molecule has 3 heterocycles. The van der Waals surface area contributed by atoms with Gasteiger partial charge >= 0.3 is 0 Å². The van der Waals surface area contributed by atoms with Crippen LogP contribution in [0.3, 0.4) is 0 Å². The Morgan fingerprint density at radius 1 is 1.40 bits per heavy atom. The molecule has 2 N–H and O–H groups in total. The van der Waals surface area contributed by atoms with E-state index in [4.69, 9.17) is 0 Å². The smallest absolute Gasteiger partial charge is 0.269 e. The number of anilines is 2. The lowest BCUT2D eigenvalue weighted by molar-refractivity contribution is -0.120. The number of H-pyrrole nitrogens is 1. The summed E-state index contributed by atoms with van der Waals surface area (Å²) in [6.45, 7) is 1.45. The van der Waals surface area contributed by atoms with Crippen LogP contribution in [0.4, 0.5) is 11.9 Å². The van der Waals surface area contributed by atoms with E-state index >= 15 is 0 Å². The lowest BCUT2D eigenvalue weighted by atomic mass is 9.97. The molecule has 0 bridgehead atoms. The first kappa shape index (κ1) is 12.5. The summed E-state index contributed by atoms with van der Waals surface area (Å²) in [6.07, 6.45) is 5.15. The van der Waals surface area contributed by atoms with Crippen molar-refractivity contribution in [2.45, 2.75) is 12.8 Å². The Morgan fingerprint density at radius 3 is 3.00 bits per heavy atom. The number of aromatic amines is 1. The van der Waals surface area contributed by atoms with Crippen LogP contribution in [0.2, 0.25) is 0 Å². The Balaban J connectivity index is 1.64. The number of amides is 1. The Kier molecular flexibility index (Phi) is 3.48. The van der Waals surface area contributed by atoms with Crippen molar-refractivity contribution in [2.24, 2.45) is 5.92 Å². The summed E-state index contributed by atoms with van der Waals surface area (Å²) in [7, 11) is 0. The van der Waals surface area contributed by atoms with Crippen molar-refractivity contribution in [3.8, 4) is 0 Å². The number of hydrogen-bond donors (Lipinski definition) is 2. The number of piperidine rings is 1. The van der Waals surface area contributed by atoms with Crippen LogP contribution in [0.15, 0.2) is 18.5 Å². The average molecular weight is 274 g/mol. The highest BCUT2D eigenvalue weighted by Gasteiger charge is 2.27. The van der Waals surface area contributed by atoms with Crippen LogP contribution in [0.25, 0.3) is 0 Å². The third-order valence-electron chi connectivity index (χ3n) is 3.21. The van der Waals surface area contributed by atoms with Crippen LogP contribution < -0.4 is 10.2 Å². The largest absolute Gasteiger partial charge is 0.340 e. The van der Waals surface area contributed by atoms with Crippen LogP contribution in [0, 0.1) is 5.92 Å². The highest BCUT2D eigenvalue weighted by Crippen LogP contribution is 2.20. The summed E-state index contributed by atoms with van der Waals surface area (Å²) in [5.41, 5.74) is 0. The second kappa shape index (κ2) is 5.59. The van der Waals surface area contributed by atoms with Gasteiger partial charge in [0.05, 0.1) is 5.92 Å². The maximum atomic E-state index is 12.1. The molecule has 9 nitrogen and oxygen atoms in total. The van der Waals surface area contributed by atoms with Crippen molar-refractivity contribution >= 4 is 17.8 Å².